The molecule has 0 N–H and O–H groups in total. The molecule has 166 valence electrons. The van der Waals surface area contributed by atoms with Crippen LogP contribution in [0.3, 0.4) is 0 Å². The van der Waals surface area contributed by atoms with Crippen molar-refractivity contribution in [3.05, 3.63) is 22.3 Å². The van der Waals surface area contributed by atoms with E-state index in [1.54, 1.807) is 0 Å². The standard InChI is InChI=1S/C27H41B2NO/c31-27-20-14-8-2-1-3-9-15-21(20)28-23-17-11-4-5-12-18-24-26(23)30(27)25-19-13-7-6-10-16-22(25)29-24/h20-21,23H,1-19H2. The summed E-state index contributed by atoms with van der Waals surface area (Å²) < 4.78 is 0. The molecule has 0 aromatic heterocycles. The Hall–Kier alpha value is -0.920. The first-order valence-corrected chi connectivity index (χ1v) is 13.8. The molecule has 0 bridgehead atoms. The summed E-state index contributed by atoms with van der Waals surface area (Å²) in [5, 5.41) is 0. The van der Waals surface area contributed by atoms with Crippen LogP contribution in [0.25, 0.3) is 0 Å². The molecule has 0 spiro atoms. The molecule has 0 aromatic carbocycles. The molecule has 31 heavy (non-hydrogen) atoms. The fourth-order valence-electron chi connectivity index (χ4n) is 7.15. The predicted octanol–water partition coefficient (Wildman–Crippen LogP) is 7.32. The van der Waals surface area contributed by atoms with Gasteiger partial charge in [0.15, 0.2) is 7.28 Å². The van der Waals surface area contributed by atoms with E-state index >= 15 is 0 Å². The largest absolute Gasteiger partial charge is 0.291 e. The zero-order chi connectivity index (χ0) is 21.0. The monoisotopic (exact) mass is 417 g/mol. The number of fused-ring (bicyclic) bond motifs is 2. The third-order valence-corrected chi connectivity index (χ3v) is 8.82. The normalized spacial score (nSPS) is 33.2. The SMILES string of the molecule is O=C1C2CCCCCCCC2[B]C2CCCCCCC3=C2N1C1=C([B]3)CCCCCC1. The topological polar surface area (TPSA) is 20.3 Å². The Kier molecular flexibility index (Phi) is 7.31. The van der Waals surface area contributed by atoms with Crippen LogP contribution in [0.1, 0.15) is 122 Å². The molecule has 3 aliphatic carbocycles. The van der Waals surface area contributed by atoms with Crippen molar-refractivity contribution in [2.75, 3.05) is 0 Å². The maximum atomic E-state index is 14.4. The molecule has 3 atom stereocenters. The molecule has 0 aromatic rings. The van der Waals surface area contributed by atoms with E-state index in [1.165, 1.54) is 131 Å². The molecule has 3 unspecified atom stereocenters. The van der Waals surface area contributed by atoms with Gasteiger partial charge in [0.05, 0.1) is 0 Å². The number of amides is 1. The lowest BCUT2D eigenvalue weighted by Crippen LogP contribution is -2.40. The van der Waals surface area contributed by atoms with Gasteiger partial charge in [-0.05, 0) is 37.9 Å². The van der Waals surface area contributed by atoms with Crippen LogP contribution in [0.2, 0.25) is 11.6 Å². The van der Waals surface area contributed by atoms with Crippen molar-refractivity contribution in [3.63, 3.8) is 0 Å². The summed E-state index contributed by atoms with van der Waals surface area (Å²) in [6, 6.07) is 0. The van der Waals surface area contributed by atoms with Crippen LogP contribution in [0.5, 0.6) is 0 Å². The minimum absolute atomic E-state index is 0.222. The summed E-state index contributed by atoms with van der Waals surface area (Å²) in [6.07, 6.45) is 24.2. The second-order valence-corrected chi connectivity index (χ2v) is 11.0. The smallest absolute Gasteiger partial charge is 0.233 e. The van der Waals surface area contributed by atoms with Crippen LogP contribution in [0, 0.1) is 5.92 Å². The molecule has 1 saturated heterocycles. The van der Waals surface area contributed by atoms with Crippen molar-refractivity contribution in [2.24, 2.45) is 5.92 Å². The van der Waals surface area contributed by atoms with Crippen molar-refractivity contribution in [1.29, 1.82) is 0 Å². The summed E-state index contributed by atoms with van der Waals surface area (Å²) in [5.41, 5.74) is 5.91. The number of allylic oxidation sites excluding steroid dienone is 4. The lowest BCUT2D eigenvalue weighted by Gasteiger charge is -2.40. The van der Waals surface area contributed by atoms with Gasteiger partial charge in [0, 0.05) is 17.3 Å². The molecule has 1 amide bonds. The van der Waals surface area contributed by atoms with E-state index in [0.717, 1.165) is 12.8 Å². The molecule has 5 aliphatic rings. The van der Waals surface area contributed by atoms with Crippen LogP contribution in [0.4, 0.5) is 0 Å². The van der Waals surface area contributed by atoms with E-state index < -0.39 is 0 Å². The quantitative estimate of drug-likeness (QED) is 0.378. The second-order valence-electron chi connectivity index (χ2n) is 11.0. The van der Waals surface area contributed by atoms with E-state index in [2.05, 4.69) is 19.5 Å². The Morgan fingerprint density at radius 3 is 2.06 bits per heavy atom. The molecule has 1 saturated carbocycles. The van der Waals surface area contributed by atoms with E-state index in [9.17, 15) is 4.79 Å². The first-order chi connectivity index (χ1) is 15.3. The van der Waals surface area contributed by atoms with Crippen molar-refractivity contribution in [1.82, 2.24) is 4.90 Å². The number of carbonyl (C=O) groups excluding carboxylic acids is 1. The van der Waals surface area contributed by atoms with Crippen LogP contribution >= 0.6 is 0 Å². The highest BCUT2D eigenvalue weighted by Crippen LogP contribution is 2.49. The van der Waals surface area contributed by atoms with Crippen molar-refractivity contribution < 1.29 is 4.79 Å². The van der Waals surface area contributed by atoms with Crippen molar-refractivity contribution >= 4 is 20.5 Å². The van der Waals surface area contributed by atoms with E-state index in [0.29, 0.717) is 17.5 Å². The van der Waals surface area contributed by atoms with Gasteiger partial charge in [-0.15, -0.1) is 0 Å². The Morgan fingerprint density at radius 2 is 1.26 bits per heavy atom. The number of carbonyl (C=O) groups is 1. The summed E-state index contributed by atoms with van der Waals surface area (Å²) in [4.78, 5) is 16.8. The van der Waals surface area contributed by atoms with Gasteiger partial charge in [-0.2, -0.15) is 0 Å². The summed E-state index contributed by atoms with van der Waals surface area (Å²) >= 11 is 0. The number of nitrogens with zero attached hydrogens (tertiary/aromatic N) is 1. The molecule has 2 aliphatic heterocycles. The average Bonchev–Trinajstić information content (AvgIpc) is 2.85. The van der Waals surface area contributed by atoms with E-state index in [1.807, 2.05) is 0 Å². The highest BCUT2D eigenvalue weighted by atomic mass is 16.2. The Morgan fingerprint density at radius 1 is 0.645 bits per heavy atom. The van der Waals surface area contributed by atoms with Gasteiger partial charge in [0.2, 0.25) is 5.91 Å². The second kappa shape index (κ2) is 10.3. The average molecular weight is 417 g/mol. The van der Waals surface area contributed by atoms with Crippen LogP contribution in [-0.4, -0.2) is 25.4 Å². The third-order valence-electron chi connectivity index (χ3n) is 8.82. The predicted molar refractivity (Wildman–Crippen MR) is 131 cm³/mol. The van der Waals surface area contributed by atoms with Gasteiger partial charge in [0.1, 0.15) is 7.28 Å². The number of rotatable bonds is 0. The summed E-state index contributed by atoms with van der Waals surface area (Å²) in [7, 11) is 5.28. The minimum Gasteiger partial charge on any atom is -0.291 e. The Labute approximate surface area is 192 Å². The number of hydrogen-bond donors (Lipinski definition) is 0. The van der Waals surface area contributed by atoms with Crippen LogP contribution in [0.15, 0.2) is 22.3 Å². The van der Waals surface area contributed by atoms with Crippen LogP contribution < -0.4 is 0 Å². The molecule has 2 heterocycles. The van der Waals surface area contributed by atoms with Crippen LogP contribution in [-0.2, 0) is 4.79 Å². The van der Waals surface area contributed by atoms with Gasteiger partial charge in [-0.25, -0.2) is 0 Å². The van der Waals surface area contributed by atoms with Gasteiger partial charge in [0.25, 0.3) is 0 Å². The molecule has 2 fully saturated rings. The van der Waals surface area contributed by atoms with Gasteiger partial charge >= 0.3 is 0 Å². The lowest BCUT2D eigenvalue weighted by atomic mass is 9.46. The zero-order valence-electron chi connectivity index (χ0n) is 19.7. The highest BCUT2D eigenvalue weighted by molar-refractivity contribution is 6.55. The zero-order valence-corrected chi connectivity index (χ0v) is 19.7. The molecule has 5 rings (SSSR count). The maximum absolute atomic E-state index is 14.4. The van der Waals surface area contributed by atoms with Gasteiger partial charge < -0.3 is 0 Å². The number of hydrogen-bond acceptors (Lipinski definition) is 1. The molecular weight excluding hydrogens is 376 g/mol. The van der Waals surface area contributed by atoms with Gasteiger partial charge in [-0.1, -0.05) is 107 Å². The maximum Gasteiger partial charge on any atom is 0.233 e. The Balaban J connectivity index is 1.58. The Bertz CT molecular complexity index is 727. The first kappa shape index (κ1) is 21.9. The summed E-state index contributed by atoms with van der Waals surface area (Å²) in [5.74, 6) is 1.69. The van der Waals surface area contributed by atoms with Crippen molar-refractivity contribution in [3.8, 4) is 0 Å². The highest BCUT2D eigenvalue weighted by Gasteiger charge is 2.44. The fraction of sp³-hybridized carbons (Fsp3) is 0.815. The van der Waals surface area contributed by atoms with Gasteiger partial charge in [-0.3, -0.25) is 9.69 Å². The summed E-state index contributed by atoms with van der Waals surface area (Å²) in [6.45, 7) is 0. The minimum atomic E-state index is 0.222. The molecule has 4 heteroatoms. The molecule has 2 nitrogen and oxygen atoms in total. The molecule has 2 radical (unpaired) electrons. The van der Waals surface area contributed by atoms with Crippen molar-refractivity contribution in [2.45, 2.75) is 134 Å². The fourth-order valence-corrected chi connectivity index (χ4v) is 7.15. The first-order valence-electron chi connectivity index (χ1n) is 13.8. The van der Waals surface area contributed by atoms with E-state index in [-0.39, 0.29) is 5.92 Å². The van der Waals surface area contributed by atoms with E-state index in [4.69, 9.17) is 0 Å². The third kappa shape index (κ3) is 4.74. The molecular formula is C27H41B2NO. The lowest BCUT2D eigenvalue weighted by molar-refractivity contribution is -0.132.